The first kappa shape index (κ1) is 29.5. The van der Waals surface area contributed by atoms with Gasteiger partial charge < -0.3 is 21.1 Å². The van der Waals surface area contributed by atoms with Gasteiger partial charge in [-0.2, -0.15) is 5.26 Å². The van der Waals surface area contributed by atoms with E-state index < -0.39 is 81.8 Å². The summed E-state index contributed by atoms with van der Waals surface area (Å²) in [5.74, 6) is -13.4. The number of primary amides is 1. The average Bonchev–Trinajstić information content (AvgIpc) is 2.85. The molecule has 0 heterocycles. The van der Waals surface area contributed by atoms with Crippen LogP contribution in [0, 0.1) is 35.0 Å². The smallest absolute Gasteiger partial charge is 0.235 e. The third-order valence-corrected chi connectivity index (χ3v) is 9.31. The monoisotopic (exact) mass is 553 g/mol. The predicted octanol–water partition coefficient (Wildman–Crippen LogP) is 0.370. The molecule has 11 heteroatoms. The van der Waals surface area contributed by atoms with Crippen molar-refractivity contribution in [2.24, 2.45) is 29.4 Å². The van der Waals surface area contributed by atoms with Crippen LogP contribution >= 0.6 is 0 Å². The van der Waals surface area contributed by atoms with Gasteiger partial charge >= 0.3 is 0 Å². The standard InChI is InChI=1S/C29H35N3O8/c1-12-13-8-9-14(28(2,3)10-6-7-11-30)21(33)16(13)22(34)17-15(12)23(35)19-20(32(4)5)24(36)18(27(31)39)26(38)29(19,40)25(17)37/h8-9,12,15,17-20,23,33,35,40H,6-7,10H2,1-5H3,(H2,31,39)/t12-,15+,17?,18?,19+,20-,23-,29-/m0/s1. The van der Waals surface area contributed by atoms with E-state index in [1.165, 1.54) is 19.0 Å². The van der Waals surface area contributed by atoms with Crippen LogP contribution in [0.3, 0.4) is 0 Å². The molecule has 2 fully saturated rings. The second-order valence-corrected chi connectivity index (χ2v) is 12.2. The fraction of sp³-hybridized carbons (Fsp3) is 0.586. The van der Waals surface area contributed by atoms with Gasteiger partial charge in [-0.3, -0.25) is 28.9 Å². The lowest BCUT2D eigenvalue weighted by molar-refractivity contribution is -0.196. The summed E-state index contributed by atoms with van der Waals surface area (Å²) in [5, 5.41) is 43.7. The zero-order chi connectivity index (χ0) is 30.1. The molecule has 0 saturated heterocycles. The summed E-state index contributed by atoms with van der Waals surface area (Å²) in [6.07, 6.45) is -0.260. The van der Waals surface area contributed by atoms with Gasteiger partial charge in [0, 0.05) is 17.9 Å². The van der Waals surface area contributed by atoms with Gasteiger partial charge in [0.2, 0.25) is 5.91 Å². The van der Waals surface area contributed by atoms with Crippen LogP contribution < -0.4 is 5.73 Å². The molecule has 3 aliphatic carbocycles. The minimum absolute atomic E-state index is 0.128. The Bertz CT molecular complexity index is 1360. The van der Waals surface area contributed by atoms with Crippen LogP contribution in [0.15, 0.2) is 12.1 Å². The zero-order valence-electron chi connectivity index (χ0n) is 23.2. The van der Waals surface area contributed by atoms with E-state index in [-0.39, 0.29) is 11.3 Å². The Hall–Kier alpha value is -3.46. The molecule has 8 atom stereocenters. The van der Waals surface area contributed by atoms with E-state index in [2.05, 4.69) is 6.07 Å². The summed E-state index contributed by atoms with van der Waals surface area (Å²) in [6.45, 7) is 5.39. The van der Waals surface area contributed by atoms with Gasteiger partial charge in [0.25, 0.3) is 0 Å². The highest BCUT2D eigenvalue weighted by Crippen LogP contribution is 2.55. The first-order chi connectivity index (χ1) is 18.5. The number of carbonyl (C=O) groups excluding carboxylic acids is 5. The number of benzene rings is 1. The largest absolute Gasteiger partial charge is 0.507 e. The van der Waals surface area contributed by atoms with Crippen molar-refractivity contribution in [3.63, 3.8) is 0 Å². The molecule has 0 bridgehead atoms. The maximum absolute atomic E-state index is 14.1. The Balaban J connectivity index is 1.89. The van der Waals surface area contributed by atoms with E-state index in [0.717, 1.165) is 0 Å². The van der Waals surface area contributed by atoms with Crippen LogP contribution in [0.4, 0.5) is 0 Å². The lowest BCUT2D eigenvalue weighted by Gasteiger charge is -2.56. The van der Waals surface area contributed by atoms with Gasteiger partial charge in [0.15, 0.2) is 34.7 Å². The second kappa shape index (κ2) is 9.87. The first-order valence-corrected chi connectivity index (χ1v) is 13.3. The van der Waals surface area contributed by atoms with Crippen LogP contribution in [-0.4, -0.2) is 81.1 Å². The number of aromatic hydroxyl groups is 1. The number of unbranched alkanes of at least 4 members (excludes halogenated alkanes) is 1. The fourth-order valence-electron chi connectivity index (χ4n) is 7.28. The number of fused-ring (bicyclic) bond motifs is 3. The van der Waals surface area contributed by atoms with Crippen molar-refractivity contribution in [2.45, 2.75) is 69.1 Å². The maximum atomic E-state index is 14.1. The summed E-state index contributed by atoms with van der Waals surface area (Å²) in [5.41, 5.74) is 2.37. The number of aliphatic hydroxyl groups is 2. The second-order valence-electron chi connectivity index (χ2n) is 12.2. The van der Waals surface area contributed by atoms with E-state index >= 15 is 0 Å². The topological polar surface area (TPSA) is 199 Å². The van der Waals surface area contributed by atoms with Gasteiger partial charge in [-0.25, -0.2) is 0 Å². The van der Waals surface area contributed by atoms with E-state index in [9.17, 15) is 39.3 Å². The number of hydrogen-bond donors (Lipinski definition) is 4. The predicted molar refractivity (Wildman–Crippen MR) is 140 cm³/mol. The van der Waals surface area contributed by atoms with Crippen molar-refractivity contribution in [3.05, 3.63) is 28.8 Å². The fourth-order valence-corrected chi connectivity index (χ4v) is 7.28. The minimum Gasteiger partial charge on any atom is -0.507 e. The van der Waals surface area contributed by atoms with E-state index in [4.69, 9.17) is 11.0 Å². The van der Waals surface area contributed by atoms with Gasteiger partial charge in [0.1, 0.15) is 5.75 Å². The van der Waals surface area contributed by atoms with Crippen molar-refractivity contribution in [2.75, 3.05) is 14.1 Å². The summed E-state index contributed by atoms with van der Waals surface area (Å²) in [7, 11) is 2.89. The molecule has 2 saturated carbocycles. The number of likely N-dealkylation sites (N-methyl/N-ethyl adjacent to an activating group) is 1. The molecule has 4 rings (SSSR count). The van der Waals surface area contributed by atoms with Gasteiger partial charge in [0.05, 0.1) is 35.6 Å². The molecular formula is C29H35N3O8. The number of aliphatic hydroxyl groups excluding tert-OH is 1. The number of rotatable bonds is 6. The number of nitriles is 1. The van der Waals surface area contributed by atoms with Crippen LogP contribution in [0.5, 0.6) is 5.75 Å². The molecule has 1 amide bonds. The molecule has 5 N–H and O–H groups in total. The molecule has 0 radical (unpaired) electrons. The Morgan fingerprint density at radius 2 is 1.80 bits per heavy atom. The maximum Gasteiger partial charge on any atom is 0.235 e. The van der Waals surface area contributed by atoms with Crippen molar-refractivity contribution in [1.82, 2.24) is 4.90 Å². The quantitative estimate of drug-likeness (QED) is 0.282. The molecule has 214 valence electrons. The number of phenols is 1. The van der Waals surface area contributed by atoms with Crippen molar-refractivity contribution in [1.29, 1.82) is 5.26 Å². The summed E-state index contributed by atoms with van der Waals surface area (Å²) >= 11 is 0. The minimum atomic E-state index is -3.03. The number of nitrogens with two attached hydrogens (primary N) is 1. The first-order valence-electron chi connectivity index (χ1n) is 13.3. The average molecular weight is 554 g/mol. The number of carbonyl (C=O) groups is 5. The molecule has 1 aromatic carbocycles. The molecule has 40 heavy (non-hydrogen) atoms. The van der Waals surface area contributed by atoms with Crippen LogP contribution in [0.1, 0.15) is 67.4 Å². The SMILES string of the molecule is C[C@H]1c2ccc(C(C)(C)CCCC#N)c(O)c2C(=O)C2C(=O)[C@]3(O)C(=O)C(C(N)=O)C(=O)[C@@H](N(C)C)[C@@H]3[C@@H](O)[C@@H]21. The molecule has 0 aromatic heterocycles. The molecule has 0 spiro atoms. The van der Waals surface area contributed by atoms with E-state index in [1.807, 2.05) is 13.8 Å². The molecule has 0 aliphatic heterocycles. The number of hydrogen-bond acceptors (Lipinski definition) is 10. The molecule has 11 nitrogen and oxygen atoms in total. The third kappa shape index (κ3) is 3.92. The zero-order valence-corrected chi connectivity index (χ0v) is 23.2. The molecular weight excluding hydrogens is 518 g/mol. The van der Waals surface area contributed by atoms with Crippen LogP contribution in [-0.2, 0) is 24.6 Å². The number of amides is 1. The molecule has 3 aliphatic rings. The van der Waals surface area contributed by atoms with Crippen LogP contribution in [0.2, 0.25) is 0 Å². The normalized spacial score (nSPS) is 33.7. The summed E-state index contributed by atoms with van der Waals surface area (Å²) < 4.78 is 0. The Kier molecular flexibility index (Phi) is 7.28. The Morgan fingerprint density at radius 3 is 2.35 bits per heavy atom. The summed E-state index contributed by atoms with van der Waals surface area (Å²) in [6, 6.07) is 4.02. The van der Waals surface area contributed by atoms with Crippen molar-refractivity contribution < 1.29 is 39.3 Å². The van der Waals surface area contributed by atoms with Crippen molar-refractivity contribution in [3.8, 4) is 11.8 Å². The number of phenolic OH excluding ortho intramolecular Hbond substituents is 1. The number of Topliss-reactive ketones (excluding diaryl/α,β-unsaturated/α-hetero) is 4. The van der Waals surface area contributed by atoms with E-state index in [0.29, 0.717) is 30.4 Å². The van der Waals surface area contributed by atoms with Gasteiger partial charge in [-0.05, 0) is 43.8 Å². The lowest BCUT2D eigenvalue weighted by atomic mass is 9.49. The summed E-state index contributed by atoms with van der Waals surface area (Å²) in [4.78, 5) is 68.2. The van der Waals surface area contributed by atoms with Gasteiger partial charge in [-0.15, -0.1) is 0 Å². The Morgan fingerprint density at radius 1 is 1.18 bits per heavy atom. The highest BCUT2D eigenvalue weighted by atomic mass is 16.3. The Labute approximate surface area is 231 Å². The van der Waals surface area contributed by atoms with E-state index in [1.54, 1.807) is 19.1 Å². The highest BCUT2D eigenvalue weighted by Gasteiger charge is 2.72. The van der Waals surface area contributed by atoms with Crippen LogP contribution in [0.25, 0.3) is 0 Å². The number of nitrogens with zero attached hydrogens (tertiary/aromatic N) is 2. The highest BCUT2D eigenvalue weighted by molar-refractivity contribution is 6.32. The third-order valence-electron chi connectivity index (χ3n) is 9.31. The van der Waals surface area contributed by atoms with Gasteiger partial charge in [-0.1, -0.05) is 32.9 Å². The van der Waals surface area contributed by atoms with Crippen molar-refractivity contribution >= 4 is 29.0 Å². The number of ketones is 4. The lowest BCUT2D eigenvalue weighted by Crippen LogP contribution is -2.77. The molecule has 1 aromatic rings. The molecule has 2 unspecified atom stereocenters.